The molecule has 24 heavy (non-hydrogen) atoms. The molecule has 1 aliphatic carbocycles. The van der Waals surface area contributed by atoms with Crippen molar-refractivity contribution in [2.75, 3.05) is 72.9 Å². The molecule has 1 unspecified atom stereocenters. The maximum atomic E-state index is 12.7. The fourth-order valence-electron chi connectivity index (χ4n) is 4.81. The third-order valence-corrected chi connectivity index (χ3v) is 6.50. The van der Waals surface area contributed by atoms with Crippen LogP contribution in [0.15, 0.2) is 0 Å². The molecule has 4 rings (SSSR count). The highest BCUT2D eigenvalue weighted by atomic mass is 16.5. The van der Waals surface area contributed by atoms with Crippen LogP contribution in [-0.4, -0.2) is 88.6 Å². The van der Waals surface area contributed by atoms with E-state index in [1.165, 1.54) is 0 Å². The Morgan fingerprint density at radius 1 is 1.17 bits per heavy atom. The molecule has 4 aliphatic rings. The number of nitrogens with zero attached hydrogens (tertiary/aromatic N) is 2. The molecule has 1 saturated carbocycles. The quantitative estimate of drug-likeness (QED) is 0.746. The number of methoxy groups -OCH3 is 1. The van der Waals surface area contributed by atoms with Crippen LogP contribution in [0.4, 0.5) is 0 Å². The van der Waals surface area contributed by atoms with Crippen molar-refractivity contribution in [3.63, 3.8) is 0 Å². The smallest absolute Gasteiger partial charge is 0.226 e. The Kier molecular flexibility index (Phi) is 4.82. The molecule has 3 heterocycles. The van der Waals surface area contributed by atoms with Crippen LogP contribution >= 0.6 is 0 Å². The molecule has 3 saturated heterocycles. The van der Waals surface area contributed by atoms with Crippen molar-refractivity contribution in [3.05, 3.63) is 0 Å². The number of rotatable bonds is 4. The van der Waals surface area contributed by atoms with Crippen LogP contribution in [0.2, 0.25) is 0 Å². The molecule has 0 radical (unpaired) electrons. The Labute approximate surface area is 144 Å². The van der Waals surface area contributed by atoms with Crippen LogP contribution in [0.25, 0.3) is 0 Å². The van der Waals surface area contributed by atoms with E-state index in [0.29, 0.717) is 17.7 Å². The molecule has 3 aliphatic heterocycles. The Morgan fingerprint density at radius 2 is 1.92 bits per heavy atom. The van der Waals surface area contributed by atoms with Crippen molar-refractivity contribution in [1.82, 2.24) is 9.80 Å². The third kappa shape index (κ3) is 3.21. The number of hydrogen-bond donors (Lipinski definition) is 0. The lowest BCUT2D eigenvalue weighted by Crippen LogP contribution is -2.49. The first-order valence-corrected chi connectivity index (χ1v) is 9.38. The monoisotopic (exact) mass is 338 g/mol. The molecule has 0 bridgehead atoms. The van der Waals surface area contributed by atoms with Gasteiger partial charge in [-0.25, -0.2) is 0 Å². The van der Waals surface area contributed by atoms with E-state index in [4.69, 9.17) is 14.2 Å². The average molecular weight is 338 g/mol. The Balaban J connectivity index is 1.31. The second-order valence-electron chi connectivity index (χ2n) is 8.04. The van der Waals surface area contributed by atoms with Crippen molar-refractivity contribution < 1.29 is 19.0 Å². The zero-order valence-corrected chi connectivity index (χ0v) is 14.7. The summed E-state index contributed by atoms with van der Waals surface area (Å²) in [7, 11) is 1.76. The standard InChI is InChI=1S/C18H30N2O4/c1-22-8-6-19-7-9-23-13-18(12-19)2-4-20(5-3-18)17(21)16-14-10-24-11-15(14)16/h14-16H,2-13H2,1H3/t14-,15+,16?. The fraction of sp³-hybridized carbons (Fsp3) is 0.944. The fourth-order valence-corrected chi connectivity index (χ4v) is 4.81. The van der Waals surface area contributed by atoms with Gasteiger partial charge in [-0.2, -0.15) is 0 Å². The number of hydrogen-bond acceptors (Lipinski definition) is 5. The van der Waals surface area contributed by atoms with Crippen molar-refractivity contribution in [1.29, 1.82) is 0 Å². The van der Waals surface area contributed by atoms with Crippen LogP contribution in [0.3, 0.4) is 0 Å². The van der Waals surface area contributed by atoms with Crippen molar-refractivity contribution in [3.8, 4) is 0 Å². The highest BCUT2D eigenvalue weighted by Crippen LogP contribution is 2.52. The number of piperidine rings is 1. The molecule has 136 valence electrons. The average Bonchev–Trinajstić information content (AvgIpc) is 3.16. The molecular formula is C18H30N2O4. The van der Waals surface area contributed by atoms with Gasteiger partial charge in [0.05, 0.1) is 33.0 Å². The van der Waals surface area contributed by atoms with Crippen LogP contribution < -0.4 is 0 Å². The topological polar surface area (TPSA) is 51.2 Å². The van der Waals surface area contributed by atoms with E-state index in [1.54, 1.807) is 7.11 Å². The number of ether oxygens (including phenoxy) is 3. The minimum absolute atomic E-state index is 0.212. The predicted octanol–water partition coefficient (Wildman–Crippen LogP) is 0.466. The Hall–Kier alpha value is -0.690. The van der Waals surface area contributed by atoms with E-state index in [9.17, 15) is 4.79 Å². The van der Waals surface area contributed by atoms with Gasteiger partial charge in [0.1, 0.15) is 0 Å². The first-order chi connectivity index (χ1) is 11.7. The van der Waals surface area contributed by atoms with E-state index < -0.39 is 0 Å². The second kappa shape index (κ2) is 6.90. The van der Waals surface area contributed by atoms with Gasteiger partial charge in [-0.05, 0) is 24.7 Å². The normalized spacial score (nSPS) is 35.7. The highest BCUT2D eigenvalue weighted by Gasteiger charge is 2.59. The molecule has 0 aromatic heterocycles. The minimum Gasteiger partial charge on any atom is -0.383 e. The summed E-state index contributed by atoms with van der Waals surface area (Å²) >= 11 is 0. The number of likely N-dealkylation sites (tertiary alicyclic amines) is 1. The summed E-state index contributed by atoms with van der Waals surface area (Å²) in [6, 6.07) is 0. The van der Waals surface area contributed by atoms with Gasteiger partial charge in [0.2, 0.25) is 5.91 Å². The number of carbonyl (C=O) groups is 1. The van der Waals surface area contributed by atoms with Gasteiger partial charge in [0, 0.05) is 51.2 Å². The summed E-state index contributed by atoms with van der Waals surface area (Å²) in [6.45, 7) is 8.79. The van der Waals surface area contributed by atoms with Gasteiger partial charge in [-0.3, -0.25) is 9.69 Å². The molecule has 3 atom stereocenters. The first-order valence-electron chi connectivity index (χ1n) is 9.38. The third-order valence-electron chi connectivity index (χ3n) is 6.50. The molecule has 1 spiro atoms. The summed E-state index contributed by atoms with van der Waals surface area (Å²) in [6.07, 6.45) is 2.11. The van der Waals surface area contributed by atoms with Crippen LogP contribution in [0.1, 0.15) is 12.8 Å². The van der Waals surface area contributed by atoms with Gasteiger partial charge in [-0.1, -0.05) is 0 Å². The van der Waals surface area contributed by atoms with Crippen molar-refractivity contribution in [2.45, 2.75) is 12.8 Å². The van der Waals surface area contributed by atoms with Crippen molar-refractivity contribution >= 4 is 5.91 Å². The summed E-state index contributed by atoms with van der Waals surface area (Å²) in [5, 5.41) is 0. The highest BCUT2D eigenvalue weighted by molar-refractivity contribution is 5.82. The minimum atomic E-state index is 0.212. The molecule has 0 N–H and O–H groups in total. The first kappa shape index (κ1) is 16.8. The summed E-state index contributed by atoms with van der Waals surface area (Å²) in [5.41, 5.74) is 0.212. The molecule has 1 amide bonds. The van der Waals surface area contributed by atoms with E-state index in [-0.39, 0.29) is 11.3 Å². The number of fused-ring (bicyclic) bond motifs is 1. The van der Waals surface area contributed by atoms with Gasteiger partial charge < -0.3 is 19.1 Å². The summed E-state index contributed by atoms with van der Waals surface area (Å²) < 4.78 is 16.6. The molecule has 4 fully saturated rings. The zero-order chi connectivity index (χ0) is 16.6. The largest absolute Gasteiger partial charge is 0.383 e. The second-order valence-corrected chi connectivity index (χ2v) is 8.04. The number of amides is 1. The lowest BCUT2D eigenvalue weighted by Gasteiger charge is -2.42. The maximum absolute atomic E-state index is 12.7. The van der Waals surface area contributed by atoms with Crippen molar-refractivity contribution in [2.24, 2.45) is 23.2 Å². The summed E-state index contributed by atoms with van der Waals surface area (Å²) in [5.74, 6) is 1.67. The van der Waals surface area contributed by atoms with E-state index in [2.05, 4.69) is 9.80 Å². The molecule has 0 aromatic carbocycles. The van der Waals surface area contributed by atoms with Gasteiger partial charge >= 0.3 is 0 Å². The Bertz CT molecular complexity index is 454. The number of carbonyl (C=O) groups excluding carboxylic acids is 1. The molecular weight excluding hydrogens is 308 g/mol. The van der Waals surface area contributed by atoms with Gasteiger partial charge in [0.15, 0.2) is 0 Å². The van der Waals surface area contributed by atoms with E-state index >= 15 is 0 Å². The molecule has 6 nitrogen and oxygen atoms in total. The zero-order valence-electron chi connectivity index (χ0n) is 14.7. The maximum Gasteiger partial charge on any atom is 0.226 e. The van der Waals surface area contributed by atoms with Crippen LogP contribution in [0, 0.1) is 23.2 Å². The SMILES string of the molecule is COCCN1CCOCC2(CCN(C(=O)C3[C@H]4COC[C@@H]34)CC2)C1. The van der Waals surface area contributed by atoms with Crippen LogP contribution in [0.5, 0.6) is 0 Å². The van der Waals surface area contributed by atoms with E-state index in [1.807, 2.05) is 0 Å². The lowest BCUT2D eigenvalue weighted by atomic mass is 9.78. The summed E-state index contributed by atoms with van der Waals surface area (Å²) in [4.78, 5) is 17.3. The lowest BCUT2D eigenvalue weighted by molar-refractivity contribution is -0.137. The Morgan fingerprint density at radius 3 is 2.62 bits per heavy atom. The predicted molar refractivity (Wildman–Crippen MR) is 88.7 cm³/mol. The van der Waals surface area contributed by atoms with Gasteiger partial charge in [0.25, 0.3) is 0 Å². The molecule has 0 aromatic rings. The molecule has 6 heteroatoms. The van der Waals surface area contributed by atoms with E-state index in [0.717, 1.165) is 78.6 Å². The van der Waals surface area contributed by atoms with Gasteiger partial charge in [-0.15, -0.1) is 0 Å². The van der Waals surface area contributed by atoms with Crippen LogP contribution in [-0.2, 0) is 19.0 Å².